The van der Waals surface area contributed by atoms with E-state index in [9.17, 15) is 14.3 Å². The van der Waals surface area contributed by atoms with Crippen molar-refractivity contribution in [3.05, 3.63) is 0 Å². The zero-order valence-electron chi connectivity index (χ0n) is 11.8. The molecule has 120 valence electrons. The molecule has 20 heavy (non-hydrogen) atoms. The van der Waals surface area contributed by atoms with E-state index in [1.807, 2.05) is 0 Å². The molecule has 4 N–H and O–H groups in total. The number of carbonyl (C=O) groups is 1. The first kappa shape index (κ1) is 19.5. The standard InChI is InChI=1S/C10H22NO8P/c1-11(2,3)5-9(4-10(14)15)19-20(16,17)18-7-8(13)6-12/h8-9,12-13H,4-7H2,1-3H3,(H-,14,15,16,17)/p+1. The Labute approximate surface area is 117 Å². The van der Waals surface area contributed by atoms with Crippen LogP contribution in [0.25, 0.3) is 0 Å². The summed E-state index contributed by atoms with van der Waals surface area (Å²) >= 11 is 0. The highest BCUT2D eigenvalue weighted by atomic mass is 31.2. The molecular formula is C10H23NO8P+. The number of nitrogens with zero attached hydrogens (tertiary/aromatic N) is 1. The molecular weight excluding hydrogens is 293 g/mol. The van der Waals surface area contributed by atoms with Gasteiger partial charge in [0, 0.05) is 0 Å². The molecule has 0 spiro atoms. The molecule has 0 radical (unpaired) electrons. The molecule has 0 aliphatic heterocycles. The number of aliphatic hydroxyl groups is 2. The molecule has 0 bridgehead atoms. The molecule has 3 unspecified atom stereocenters. The lowest BCUT2D eigenvalue weighted by Crippen LogP contribution is -2.43. The van der Waals surface area contributed by atoms with Crippen molar-refractivity contribution in [3.63, 3.8) is 0 Å². The Balaban J connectivity index is 4.61. The quantitative estimate of drug-likeness (QED) is 0.298. The van der Waals surface area contributed by atoms with Crippen molar-refractivity contribution in [1.82, 2.24) is 0 Å². The second-order valence-corrected chi connectivity index (χ2v) is 6.81. The van der Waals surface area contributed by atoms with Crippen LogP contribution in [0, 0.1) is 0 Å². The van der Waals surface area contributed by atoms with Crippen molar-refractivity contribution in [2.75, 3.05) is 40.9 Å². The smallest absolute Gasteiger partial charge is 0.472 e. The summed E-state index contributed by atoms with van der Waals surface area (Å²) in [4.78, 5) is 20.2. The molecule has 0 fully saturated rings. The summed E-state index contributed by atoms with van der Waals surface area (Å²) < 4.78 is 21.3. The SMILES string of the molecule is C[N+](C)(C)CC(CC(=O)O)OP(=O)(O)OCC(O)CO. The fourth-order valence-electron chi connectivity index (χ4n) is 1.39. The molecule has 0 aromatic heterocycles. The minimum Gasteiger partial charge on any atom is -0.481 e. The van der Waals surface area contributed by atoms with Crippen molar-refractivity contribution in [1.29, 1.82) is 0 Å². The number of rotatable bonds is 10. The molecule has 0 saturated heterocycles. The second-order valence-electron chi connectivity index (χ2n) is 5.40. The van der Waals surface area contributed by atoms with Gasteiger partial charge in [0.25, 0.3) is 0 Å². The third-order valence-corrected chi connectivity index (χ3v) is 3.12. The van der Waals surface area contributed by atoms with Crippen molar-refractivity contribution in [2.45, 2.75) is 18.6 Å². The lowest BCUT2D eigenvalue weighted by molar-refractivity contribution is -0.873. The van der Waals surface area contributed by atoms with Gasteiger partial charge in [-0.15, -0.1) is 0 Å². The van der Waals surface area contributed by atoms with Gasteiger partial charge in [-0.3, -0.25) is 13.8 Å². The molecule has 0 saturated carbocycles. The molecule has 0 amide bonds. The lowest BCUT2D eigenvalue weighted by Gasteiger charge is -2.29. The average Bonchev–Trinajstić information content (AvgIpc) is 2.21. The summed E-state index contributed by atoms with van der Waals surface area (Å²) in [6.07, 6.45) is -2.78. The molecule has 9 nitrogen and oxygen atoms in total. The topological polar surface area (TPSA) is 134 Å². The Morgan fingerprint density at radius 3 is 2.30 bits per heavy atom. The second kappa shape index (κ2) is 8.04. The predicted octanol–water partition coefficient (Wildman–Crippen LogP) is -0.977. The molecule has 10 heteroatoms. The largest absolute Gasteiger partial charge is 0.481 e. The molecule has 0 heterocycles. The summed E-state index contributed by atoms with van der Waals surface area (Å²) in [5, 5.41) is 26.4. The van der Waals surface area contributed by atoms with E-state index in [2.05, 4.69) is 4.52 Å². The molecule has 0 rings (SSSR count). The van der Waals surface area contributed by atoms with Crippen LogP contribution in [-0.4, -0.2) is 83.8 Å². The van der Waals surface area contributed by atoms with E-state index >= 15 is 0 Å². The summed E-state index contributed by atoms with van der Waals surface area (Å²) in [6.45, 7) is -1.03. The minimum absolute atomic E-state index is 0.183. The van der Waals surface area contributed by atoms with Gasteiger partial charge >= 0.3 is 13.8 Å². The van der Waals surface area contributed by atoms with Crippen LogP contribution in [0.15, 0.2) is 0 Å². The molecule has 0 aliphatic rings. The highest BCUT2D eigenvalue weighted by Crippen LogP contribution is 2.45. The Hall–Kier alpha value is -0.540. The van der Waals surface area contributed by atoms with Crippen LogP contribution in [0.5, 0.6) is 0 Å². The maximum absolute atomic E-state index is 11.6. The molecule has 3 atom stereocenters. The number of aliphatic hydroxyl groups excluding tert-OH is 2. The number of phosphoric ester groups is 1. The van der Waals surface area contributed by atoms with Crippen LogP contribution in [0.1, 0.15) is 6.42 Å². The van der Waals surface area contributed by atoms with Gasteiger partial charge in [0.1, 0.15) is 18.8 Å². The number of phosphoric acid groups is 1. The third kappa shape index (κ3) is 10.3. The highest BCUT2D eigenvalue weighted by Gasteiger charge is 2.32. The van der Waals surface area contributed by atoms with E-state index in [-0.39, 0.29) is 6.54 Å². The van der Waals surface area contributed by atoms with Gasteiger partial charge in [-0.1, -0.05) is 0 Å². The summed E-state index contributed by atoms with van der Waals surface area (Å²) in [5.74, 6) is -1.17. The van der Waals surface area contributed by atoms with Gasteiger partial charge in [0.2, 0.25) is 0 Å². The first-order valence-corrected chi connectivity index (χ1v) is 7.41. The van der Waals surface area contributed by atoms with Gasteiger partial charge in [-0.2, -0.15) is 0 Å². The van der Waals surface area contributed by atoms with Gasteiger partial charge in [0.15, 0.2) is 0 Å². The maximum Gasteiger partial charge on any atom is 0.472 e. The van der Waals surface area contributed by atoms with Gasteiger partial charge in [0.05, 0.1) is 40.8 Å². The van der Waals surface area contributed by atoms with E-state index in [4.69, 9.17) is 19.8 Å². The average molecular weight is 316 g/mol. The molecule has 0 aliphatic carbocycles. The van der Waals surface area contributed by atoms with Crippen LogP contribution in [0.2, 0.25) is 0 Å². The van der Waals surface area contributed by atoms with Crippen molar-refractivity contribution >= 4 is 13.8 Å². The fourth-order valence-corrected chi connectivity index (χ4v) is 2.33. The number of carboxylic acid groups (broad SMARTS) is 1. The monoisotopic (exact) mass is 316 g/mol. The number of hydrogen-bond acceptors (Lipinski definition) is 6. The van der Waals surface area contributed by atoms with E-state index < -0.39 is 45.6 Å². The van der Waals surface area contributed by atoms with Crippen LogP contribution >= 0.6 is 7.82 Å². The fraction of sp³-hybridized carbons (Fsp3) is 0.900. The maximum atomic E-state index is 11.6. The number of carboxylic acids is 1. The first-order chi connectivity index (χ1) is 8.95. The van der Waals surface area contributed by atoms with E-state index in [1.54, 1.807) is 21.1 Å². The summed E-state index contributed by atoms with van der Waals surface area (Å²) in [6, 6.07) is 0. The summed E-state index contributed by atoms with van der Waals surface area (Å²) in [5.41, 5.74) is 0. The van der Waals surface area contributed by atoms with Crippen molar-refractivity contribution in [3.8, 4) is 0 Å². The Morgan fingerprint density at radius 1 is 1.35 bits per heavy atom. The Bertz CT molecular complexity index is 356. The van der Waals surface area contributed by atoms with Crippen LogP contribution < -0.4 is 0 Å². The van der Waals surface area contributed by atoms with Gasteiger partial charge < -0.3 is 24.7 Å². The number of quaternary nitrogens is 1. The Kier molecular flexibility index (Phi) is 7.82. The van der Waals surface area contributed by atoms with Crippen molar-refractivity contribution < 1.29 is 43.1 Å². The molecule has 0 aromatic carbocycles. The van der Waals surface area contributed by atoms with E-state index in [0.29, 0.717) is 4.48 Å². The lowest BCUT2D eigenvalue weighted by atomic mass is 10.2. The normalized spacial score (nSPS) is 18.3. The van der Waals surface area contributed by atoms with Crippen LogP contribution in [0.3, 0.4) is 0 Å². The minimum atomic E-state index is -4.50. The third-order valence-electron chi connectivity index (χ3n) is 2.08. The first-order valence-electron chi connectivity index (χ1n) is 5.92. The van der Waals surface area contributed by atoms with Crippen molar-refractivity contribution in [2.24, 2.45) is 0 Å². The number of likely N-dealkylation sites (N-methyl/N-ethyl adjacent to an activating group) is 1. The molecule has 0 aromatic rings. The number of hydrogen-bond donors (Lipinski definition) is 4. The van der Waals surface area contributed by atoms with E-state index in [1.165, 1.54) is 0 Å². The zero-order valence-corrected chi connectivity index (χ0v) is 12.7. The predicted molar refractivity (Wildman–Crippen MR) is 68.9 cm³/mol. The van der Waals surface area contributed by atoms with Gasteiger partial charge in [-0.25, -0.2) is 4.57 Å². The van der Waals surface area contributed by atoms with Crippen LogP contribution in [0.4, 0.5) is 0 Å². The highest BCUT2D eigenvalue weighted by molar-refractivity contribution is 7.47. The summed E-state index contributed by atoms with van der Waals surface area (Å²) in [7, 11) is 0.822. The van der Waals surface area contributed by atoms with Gasteiger partial charge in [-0.05, 0) is 0 Å². The van der Waals surface area contributed by atoms with Crippen LogP contribution in [-0.2, 0) is 18.4 Å². The zero-order chi connectivity index (χ0) is 16.0. The van der Waals surface area contributed by atoms with E-state index in [0.717, 1.165) is 0 Å². The number of aliphatic carboxylic acids is 1. The Morgan fingerprint density at radius 2 is 1.90 bits per heavy atom.